The number of hydrogen-bond acceptors (Lipinski definition) is 4. The lowest BCUT2D eigenvalue weighted by Gasteiger charge is -2.11. The van der Waals surface area contributed by atoms with Crippen LogP contribution >= 0.6 is 11.8 Å². The summed E-state index contributed by atoms with van der Waals surface area (Å²) in [5, 5.41) is 7.09. The number of ketones is 1. The summed E-state index contributed by atoms with van der Waals surface area (Å²) < 4.78 is 0. The molecule has 0 aliphatic heterocycles. The van der Waals surface area contributed by atoms with Gasteiger partial charge in [0, 0.05) is 17.2 Å². The molecule has 18 heavy (non-hydrogen) atoms. The molecular formula is C14H18N2OS. The monoisotopic (exact) mass is 262 g/mol. The van der Waals surface area contributed by atoms with Crippen molar-refractivity contribution in [1.29, 1.82) is 5.41 Å². The van der Waals surface area contributed by atoms with Gasteiger partial charge in [-0.25, -0.2) is 0 Å². The van der Waals surface area contributed by atoms with Crippen molar-refractivity contribution in [3.63, 3.8) is 0 Å². The molecule has 3 N–H and O–H groups in total. The van der Waals surface area contributed by atoms with Gasteiger partial charge in [-0.05, 0) is 36.6 Å². The van der Waals surface area contributed by atoms with Crippen molar-refractivity contribution >= 4 is 23.8 Å². The maximum atomic E-state index is 10.9. The first kappa shape index (κ1) is 14.7. The van der Waals surface area contributed by atoms with Crippen LogP contribution in [0.1, 0.15) is 12.5 Å². The number of carbonyl (C=O) groups excluding carboxylic acids is 1. The molecule has 0 aliphatic rings. The lowest BCUT2D eigenvalue weighted by atomic mass is 10.0. The largest absolute Gasteiger partial charge is 0.324 e. The topological polar surface area (TPSA) is 66.9 Å². The zero-order valence-corrected chi connectivity index (χ0v) is 11.3. The van der Waals surface area contributed by atoms with Crippen molar-refractivity contribution in [3.8, 4) is 0 Å². The molecule has 1 atom stereocenters. The molecular weight excluding hydrogens is 244 g/mol. The average molecular weight is 262 g/mol. The summed E-state index contributed by atoms with van der Waals surface area (Å²) in [6.07, 6.45) is 1.87. The second-order valence-corrected chi connectivity index (χ2v) is 5.21. The van der Waals surface area contributed by atoms with Gasteiger partial charge in [0.1, 0.15) is 5.78 Å². The van der Waals surface area contributed by atoms with E-state index in [1.54, 1.807) is 6.92 Å². The van der Waals surface area contributed by atoms with E-state index in [0.29, 0.717) is 17.7 Å². The molecule has 0 fully saturated rings. The summed E-state index contributed by atoms with van der Waals surface area (Å²) >= 11 is 1.53. The fourth-order valence-corrected chi connectivity index (χ4v) is 2.10. The van der Waals surface area contributed by atoms with Crippen molar-refractivity contribution in [2.24, 2.45) is 5.73 Å². The van der Waals surface area contributed by atoms with E-state index in [1.165, 1.54) is 18.0 Å². The van der Waals surface area contributed by atoms with E-state index in [9.17, 15) is 4.79 Å². The molecule has 0 bridgehead atoms. The summed E-state index contributed by atoms with van der Waals surface area (Å²) in [5.41, 5.74) is 7.63. The molecule has 3 nitrogen and oxygen atoms in total. The number of hydrogen-bond donors (Lipinski definition) is 2. The highest BCUT2D eigenvalue weighted by molar-refractivity contribution is 8.00. The van der Waals surface area contributed by atoms with Gasteiger partial charge in [0.2, 0.25) is 0 Å². The van der Waals surface area contributed by atoms with Crippen LogP contribution in [0, 0.1) is 5.41 Å². The van der Waals surface area contributed by atoms with E-state index in [0.717, 1.165) is 10.5 Å². The number of Topliss-reactive ketones (excluding diaryl/α,β-unsaturated/α-hetero) is 1. The zero-order chi connectivity index (χ0) is 13.5. The first-order valence-electron chi connectivity index (χ1n) is 5.69. The molecule has 0 saturated heterocycles. The van der Waals surface area contributed by atoms with E-state index >= 15 is 0 Å². The summed E-state index contributed by atoms with van der Waals surface area (Å²) in [6, 6.07) is 7.77. The normalized spacial score (nSPS) is 11.9. The van der Waals surface area contributed by atoms with Gasteiger partial charge < -0.3 is 11.1 Å². The molecule has 0 spiro atoms. The van der Waals surface area contributed by atoms with Gasteiger partial charge >= 0.3 is 0 Å². The van der Waals surface area contributed by atoms with Crippen LogP contribution in [0.25, 0.3) is 0 Å². The van der Waals surface area contributed by atoms with Crippen LogP contribution in [0.5, 0.6) is 0 Å². The molecule has 1 aromatic rings. The Hall–Kier alpha value is -1.39. The van der Waals surface area contributed by atoms with Crippen LogP contribution in [-0.2, 0) is 11.2 Å². The second-order valence-electron chi connectivity index (χ2n) is 4.16. The second kappa shape index (κ2) is 7.13. The van der Waals surface area contributed by atoms with Crippen LogP contribution in [-0.4, -0.2) is 23.8 Å². The summed E-state index contributed by atoms with van der Waals surface area (Å²) in [7, 11) is 0. The highest BCUT2D eigenvalue weighted by Gasteiger charge is 2.06. The summed E-state index contributed by atoms with van der Waals surface area (Å²) in [5.74, 6) is 0.678. The average Bonchev–Trinajstić information content (AvgIpc) is 2.36. The third-order valence-corrected chi connectivity index (χ3v) is 3.64. The predicted octanol–water partition coefficient (Wildman–Crippen LogP) is 2.44. The lowest BCUT2D eigenvalue weighted by molar-refractivity contribution is -0.114. The van der Waals surface area contributed by atoms with Gasteiger partial charge in [-0.15, -0.1) is 11.8 Å². The Morgan fingerprint density at radius 1 is 1.50 bits per heavy atom. The fourth-order valence-electron chi connectivity index (χ4n) is 1.40. The highest BCUT2D eigenvalue weighted by Crippen LogP contribution is 2.19. The Balaban J connectivity index is 2.57. The third kappa shape index (κ3) is 4.85. The quantitative estimate of drug-likeness (QED) is 0.586. The minimum Gasteiger partial charge on any atom is -0.324 e. The molecule has 1 rings (SSSR count). The Bertz CT molecular complexity index is 440. The van der Waals surface area contributed by atoms with Gasteiger partial charge in [-0.3, -0.25) is 4.79 Å². The molecule has 0 heterocycles. The van der Waals surface area contributed by atoms with Crippen LogP contribution in [0.15, 0.2) is 41.3 Å². The molecule has 96 valence electrons. The van der Waals surface area contributed by atoms with E-state index in [1.807, 2.05) is 24.3 Å². The molecule has 0 aromatic heterocycles. The van der Waals surface area contributed by atoms with Crippen molar-refractivity contribution < 1.29 is 4.79 Å². The number of benzene rings is 1. The van der Waals surface area contributed by atoms with Gasteiger partial charge in [-0.2, -0.15) is 0 Å². The van der Waals surface area contributed by atoms with Crippen LogP contribution in [0.4, 0.5) is 0 Å². The zero-order valence-electron chi connectivity index (χ0n) is 10.5. The Morgan fingerprint density at radius 3 is 2.61 bits per heavy atom. The SMILES string of the molecule is C=C(C=N)C(N)Cc1ccc(SCC(C)=O)cc1. The number of carbonyl (C=O) groups is 1. The molecule has 4 heteroatoms. The highest BCUT2D eigenvalue weighted by atomic mass is 32.2. The van der Waals surface area contributed by atoms with E-state index in [4.69, 9.17) is 11.1 Å². The van der Waals surface area contributed by atoms with E-state index in [-0.39, 0.29) is 11.8 Å². The molecule has 0 aliphatic carbocycles. The van der Waals surface area contributed by atoms with Crippen LogP contribution in [0.2, 0.25) is 0 Å². The van der Waals surface area contributed by atoms with Crippen molar-refractivity contribution in [3.05, 3.63) is 42.0 Å². The standard InChI is InChI=1S/C14H18N2OS/c1-10(8-15)14(16)7-12-3-5-13(6-4-12)18-9-11(2)17/h3-6,8,14-15H,1,7,9,16H2,2H3. The number of nitrogens with two attached hydrogens (primary N) is 1. The Morgan fingerprint density at radius 2 is 2.11 bits per heavy atom. The van der Waals surface area contributed by atoms with Gasteiger partial charge in [0.15, 0.2) is 0 Å². The Kier molecular flexibility index (Phi) is 5.82. The van der Waals surface area contributed by atoms with Crippen molar-refractivity contribution in [1.82, 2.24) is 0 Å². The Labute approximate surface area is 112 Å². The lowest BCUT2D eigenvalue weighted by Crippen LogP contribution is -2.25. The van der Waals surface area contributed by atoms with Crippen LogP contribution in [0.3, 0.4) is 0 Å². The summed E-state index contributed by atoms with van der Waals surface area (Å²) in [4.78, 5) is 11.9. The maximum Gasteiger partial charge on any atom is 0.140 e. The predicted molar refractivity (Wildman–Crippen MR) is 77.5 cm³/mol. The molecule has 0 saturated carbocycles. The smallest absolute Gasteiger partial charge is 0.140 e. The fraction of sp³-hybridized carbons (Fsp3) is 0.286. The molecule has 1 aromatic carbocycles. The summed E-state index contributed by atoms with van der Waals surface area (Å²) in [6.45, 7) is 5.31. The number of rotatable bonds is 7. The molecule has 1 unspecified atom stereocenters. The maximum absolute atomic E-state index is 10.9. The van der Waals surface area contributed by atoms with Crippen molar-refractivity contribution in [2.45, 2.75) is 24.3 Å². The van der Waals surface area contributed by atoms with Gasteiger partial charge in [0.05, 0.1) is 5.75 Å². The third-order valence-electron chi connectivity index (χ3n) is 2.48. The first-order valence-corrected chi connectivity index (χ1v) is 6.67. The van der Waals surface area contributed by atoms with Gasteiger partial charge in [-0.1, -0.05) is 18.7 Å². The van der Waals surface area contributed by atoms with Gasteiger partial charge in [0.25, 0.3) is 0 Å². The minimum atomic E-state index is -0.210. The number of nitrogens with one attached hydrogen (secondary N) is 1. The minimum absolute atomic E-state index is 0.174. The van der Waals surface area contributed by atoms with E-state index < -0.39 is 0 Å². The number of thioether (sulfide) groups is 1. The molecule has 0 radical (unpaired) electrons. The van der Waals surface area contributed by atoms with Crippen LogP contribution < -0.4 is 5.73 Å². The van der Waals surface area contributed by atoms with E-state index in [2.05, 4.69) is 6.58 Å². The first-order chi connectivity index (χ1) is 8.52. The van der Waals surface area contributed by atoms with Crippen molar-refractivity contribution in [2.75, 3.05) is 5.75 Å². The molecule has 0 amide bonds.